The first-order valence-corrected chi connectivity index (χ1v) is 6.81. The average Bonchev–Trinajstić information content (AvgIpc) is 2.75. The maximum absolute atomic E-state index is 9.38. The van der Waals surface area contributed by atoms with E-state index in [1.165, 1.54) is 0 Å². The lowest BCUT2D eigenvalue weighted by Crippen LogP contribution is -2.33. The molecular formula is C12H15BrN2OS. The van der Waals surface area contributed by atoms with Gasteiger partial charge < -0.3 is 15.7 Å². The minimum atomic E-state index is 0.170. The molecule has 1 saturated heterocycles. The Morgan fingerprint density at radius 2 is 2.35 bits per heavy atom. The lowest BCUT2D eigenvalue weighted by Gasteiger charge is -2.27. The van der Waals surface area contributed by atoms with Crippen LogP contribution in [0.4, 0.5) is 5.69 Å². The summed E-state index contributed by atoms with van der Waals surface area (Å²) in [6.07, 6.45) is 2.11. The van der Waals surface area contributed by atoms with Crippen molar-refractivity contribution in [1.29, 1.82) is 0 Å². The molecule has 0 aromatic heterocycles. The molecule has 5 heteroatoms. The van der Waals surface area contributed by atoms with Gasteiger partial charge in [0.1, 0.15) is 4.99 Å². The quantitative estimate of drug-likeness (QED) is 0.838. The second-order valence-electron chi connectivity index (χ2n) is 4.17. The summed E-state index contributed by atoms with van der Waals surface area (Å²) in [7, 11) is 0. The Hall–Kier alpha value is -0.650. The van der Waals surface area contributed by atoms with Gasteiger partial charge in [0.2, 0.25) is 0 Å². The van der Waals surface area contributed by atoms with Crippen LogP contribution in [0.3, 0.4) is 0 Å². The fourth-order valence-corrected chi connectivity index (χ4v) is 3.25. The third-order valence-electron chi connectivity index (χ3n) is 3.14. The lowest BCUT2D eigenvalue weighted by atomic mass is 10.1. The van der Waals surface area contributed by atoms with Crippen LogP contribution in [0, 0.1) is 0 Å². The first-order valence-electron chi connectivity index (χ1n) is 5.61. The molecule has 0 spiro atoms. The van der Waals surface area contributed by atoms with Crippen molar-refractivity contribution in [2.24, 2.45) is 5.73 Å². The monoisotopic (exact) mass is 314 g/mol. The summed E-state index contributed by atoms with van der Waals surface area (Å²) in [4.78, 5) is 2.58. The summed E-state index contributed by atoms with van der Waals surface area (Å²) in [5, 5.41) is 9.38. The van der Waals surface area contributed by atoms with Crippen LogP contribution in [0.5, 0.6) is 0 Å². The first kappa shape index (κ1) is 12.8. The van der Waals surface area contributed by atoms with Gasteiger partial charge >= 0.3 is 0 Å². The number of rotatable bonds is 3. The molecule has 1 unspecified atom stereocenters. The SMILES string of the molecule is NC(=S)c1c(Br)cccc1N1CCCC1CO. The standard InChI is InChI=1S/C12H15BrN2OS/c13-9-4-1-5-10(11(9)12(14)17)15-6-2-3-8(15)7-16/h1,4-5,8,16H,2-3,6-7H2,(H2,14,17). The molecule has 0 radical (unpaired) electrons. The van der Waals surface area contributed by atoms with E-state index in [9.17, 15) is 5.11 Å². The largest absolute Gasteiger partial charge is 0.394 e. The number of thiocarbonyl (C=S) groups is 1. The molecule has 1 aliphatic heterocycles. The molecular weight excluding hydrogens is 300 g/mol. The number of hydrogen-bond donors (Lipinski definition) is 2. The van der Waals surface area contributed by atoms with Crippen molar-refractivity contribution in [3.8, 4) is 0 Å². The van der Waals surface area contributed by atoms with Crippen LogP contribution in [0.2, 0.25) is 0 Å². The zero-order valence-corrected chi connectivity index (χ0v) is 11.8. The number of aliphatic hydroxyl groups is 1. The molecule has 1 atom stereocenters. The third-order valence-corrected chi connectivity index (χ3v) is 4.00. The highest BCUT2D eigenvalue weighted by molar-refractivity contribution is 9.10. The highest BCUT2D eigenvalue weighted by atomic mass is 79.9. The van der Waals surface area contributed by atoms with Crippen molar-refractivity contribution < 1.29 is 5.11 Å². The van der Waals surface area contributed by atoms with Gasteiger partial charge in [0, 0.05) is 22.3 Å². The fraction of sp³-hybridized carbons (Fsp3) is 0.417. The van der Waals surface area contributed by atoms with Crippen LogP contribution in [-0.2, 0) is 0 Å². The minimum Gasteiger partial charge on any atom is -0.394 e. The number of anilines is 1. The van der Waals surface area contributed by atoms with E-state index in [0.29, 0.717) is 4.99 Å². The number of benzene rings is 1. The molecule has 1 aromatic carbocycles. The summed E-state index contributed by atoms with van der Waals surface area (Å²) < 4.78 is 0.908. The van der Waals surface area contributed by atoms with Crippen LogP contribution >= 0.6 is 28.1 Å². The van der Waals surface area contributed by atoms with Crippen molar-refractivity contribution in [2.75, 3.05) is 18.1 Å². The maximum Gasteiger partial charge on any atom is 0.107 e. The van der Waals surface area contributed by atoms with Crippen LogP contribution in [0.1, 0.15) is 18.4 Å². The highest BCUT2D eigenvalue weighted by Crippen LogP contribution is 2.32. The van der Waals surface area contributed by atoms with Gasteiger partial charge in [0.25, 0.3) is 0 Å². The summed E-state index contributed by atoms with van der Waals surface area (Å²) in [6, 6.07) is 6.08. The van der Waals surface area contributed by atoms with E-state index in [1.54, 1.807) is 0 Å². The fourth-order valence-electron chi connectivity index (χ4n) is 2.34. The molecule has 2 rings (SSSR count). The van der Waals surface area contributed by atoms with E-state index in [1.807, 2.05) is 18.2 Å². The lowest BCUT2D eigenvalue weighted by molar-refractivity contribution is 0.266. The number of nitrogens with zero attached hydrogens (tertiary/aromatic N) is 1. The topological polar surface area (TPSA) is 49.5 Å². The Bertz CT molecular complexity index is 439. The molecule has 92 valence electrons. The number of aliphatic hydroxyl groups excluding tert-OH is 1. The molecule has 3 N–H and O–H groups in total. The Morgan fingerprint density at radius 3 is 3.00 bits per heavy atom. The van der Waals surface area contributed by atoms with Crippen LogP contribution in [0.25, 0.3) is 0 Å². The van der Waals surface area contributed by atoms with Gasteiger partial charge in [-0.25, -0.2) is 0 Å². The molecule has 0 saturated carbocycles. The van der Waals surface area contributed by atoms with Crippen LogP contribution < -0.4 is 10.6 Å². The van der Waals surface area contributed by atoms with Crippen molar-refractivity contribution in [2.45, 2.75) is 18.9 Å². The summed E-state index contributed by atoms with van der Waals surface area (Å²) in [6.45, 7) is 1.11. The van der Waals surface area contributed by atoms with Gasteiger partial charge in [-0.3, -0.25) is 0 Å². The Morgan fingerprint density at radius 1 is 1.59 bits per heavy atom. The van der Waals surface area contributed by atoms with Crippen molar-refractivity contribution in [3.63, 3.8) is 0 Å². The van der Waals surface area contributed by atoms with E-state index in [-0.39, 0.29) is 12.6 Å². The molecule has 1 aliphatic rings. The summed E-state index contributed by atoms with van der Waals surface area (Å²) in [5.41, 5.74) is 7.66. The molecule has 1 aromatic rings. The van der Waals surface area contributed by atoms with Gasteiger partial charge in [-0.15, -0.1) is 0 Å². The molecule has 0 bridgehead atoms. The van der Waals surface area contributed by atoms with E-state index in [2.05, 4.69) is 20.8 Å². The molecule has 0 aliphatic carbocycles. The first-order chi connectivity index (χ1) is 8.15. The minimum absolute atomic E-state index is 0.170. The highest BCUT2D eigenvalue weighted by Gasteiger charge is 2.26. The van der Waals surface area contributed by atoms with E-state index in [0.717, 1.165) is 35.1 Å². The summed E-state index contributed by atoms with van der Waals surface area (Å²) >= 11 is 8.59. The van der Waals surface area contributed by atoms with E-state index >= 15 is 0 Å². The zero-order valence-electron chi connectivity index (χ0n) is 9.40. The zero-order chi connectivity index (χ0) is 12.4. The van der Waals surface area contributed by atoms with Crippen LogP contribution in [0.15, 0.2) is 22.7 Å². The predicted octanol–water partition coefficient (Wildman–Crippen LogP) is 2.04. The van der Waals surface area contributed by atoms with Crippen LogP contribution in [-0.4, -0.2) is 29.3 Å². The van der Waals surface area contributed by atoms with Gasteiger partial charge in [0.15, 0.2) is 0 Å². The van der Waals surface area contributed by atoms with E-state index < -0.39 is 0 Å². The Labute approximate surface area is 115 Å². The van der Waals surface area contributed by atoms with Gasteiger partial charge in [0.05, 0.1) is 12.6 Å². The summed E-state index contributed by atoms with van der Waals surface area (Å²) in [5.74, 6) is 0. The maximum atomic E-state index is 9.38. The number of halogens is 1. The molecule has 1 fully saturated rings. The van der Waals surface area contributed by atoms with Gasteiger partial charge in [-0.1, -0.05) is 18.3 Å². The van der Waals surface area contributed by atoms with Crippen molar-refractivity contribution in [3.05, 3.63) is 28.2 Å². The second-order valence-corrected chi connectivity index (χ2v) is 5.46. The molecule has 17 heavy (non-hydrogen) atoms. The second kappa shape index (κ2) is 5.33. The molecule has 3 nitrogen and oxygen atoms in total. The number of nitrogens with two attached hydrogens (primary N) is 1. The third kappa shape index (κ3) is 2.46. The average molecular weight is 315 g/mol. The van der Waals surface area contributed by atoms with Gasteiger partial charge in [-0.05, 0) is 40.9 Å². The molecule has 1 heterocycles. The smallest absolute Gasteiger partial charge is 0.107 e. The van der Waals surface area contributed by atoms with Gasteiger partial charge in [-0.2, -0.15) is 0 Å². The molecule has 0 amide bonds. The van der Waals surface area contributed by atoms with E-state index in [4.69, 9.17) is 18.0 Å². The van der Waals surface area contributed by atoms with Crippen molar-refractivity contribution in [1.82, 2.24) is 0 Å². The number of hydrogen-bond acceptors (Lipinski definition) is 3. The Kier molecular flexibility index (Phi) is 4.01. The predicted molar refractivity (Wildman–Crippen MR) is 77.5 cm³/mol. The van der Waals surface area contributed by atoms with Crippen molar-refractivity contribution >= 4 is 38.8 Å². The Balaban J connectivity index is 2.44. The normalized spacial score (nSPS) is 19.6.